The molecule has 1 aliphatic heterocycles. The van der Waals surface area contributed by atoms with Crippen molar-refractivity contribution in [3.05, 3.63) is 59.5 Å². The van der Waals surface area contributed by atoms with Crippen molar-refractivity contribution in [3.63, 3.8) is 0 Å². The van der Waals surface area contributed by atoms with Gasteiger partial charge in [0.1, 0.15) is 17.2 Å². The molecule has 1 fully saturated rings. The van der Waals surface area contributed by atoms with Crippen LogP contribution in [0.2, 0.25) is 0 Å². The van der Waals surface area contributed by atoms with E-state index in [1.807, 2.05) is 18.2 Å². The third kappa shape index (κ3) is 3.88. The molecule has 0 saturated carbocycles. The van der Waals surface area contributed by atoms with Crippen LogP contribution in [0.25, 0.3) is 11.0 Å². The number of nitrogens with zero attached hydrogens (tertiary/aromatic N) is 6. The fourth-order valence-electron chi connectivity index (χ4n) is 4.21. The molecular formula is C22H23N7OS. The van der Waals surface area contributed by atoms with E-state index in [4.69, 9.17) is 4.98 Å². The first-order chi connectivity index (χ1) is 15.2. The highest BCUT2D eigenvalue weighted by Crippen LogP contribution is 2.30. The van der Waals surface area contributed by atoms with Gasteiger partial charge in [0.15, 0.2) is 0 Å². The second-order valence-corrected chi connectivity index (χ2v) is 8.39. The number of fused-ring (bicyclic) bond motifs is 1. The van der Waals surface area contributed by atoms with Crippen LogP contribution in [-0.4, -0.2) is 43.7 Å². The third-order valence-electron chi connectivity index (χ3n) is 5.73. The van der Waals surface area contributed by atoms with Gasteiger partial charge in [0.05, 0.1) is 16.6 Å². The summed E-state index contributed by atoms with van der Waals surface area (Å²) in [4.78, 5) is 24.0. The Labute approximate surface area is 184 Å². The number of amides is 1. The Balaban J connectivity index is 1.26. The molecule has 158 valence electrons. The van der Waals surface area contributed by atoms with Gasteiger partial charge in [0.25, 0.3) is 5.91 Å². The average molecular weight is 434 g/mol. The quantitative estimate of drug-likeness (QED) is 0.513. The zero-order valence-electron chi connectivity index (χ0n) is 17.2. The van der Waals surface area contributed by atoms with Crippen molar-refractivity contribution in [2.24, 2.45) is 0 Å². The lowest BCUT2D eigenvalue weighted by Crippen LogP contribution is -2.35. The number of piperidine rings is 1. The molecule has 1 saturated heterocycles. The lowest BCUT2D eigenvalue weighted by Gasteiger charge is -2.34. The number of pyridine rings is 1. The molecule has 0 atom stereocenters. The molecule has 31 heavy (non-hydrogen) atoms. The Kier molecular flexibility index (Phi) is 5.33. The van der Waals surface area contributed by atoms with Gasteiger partial charge in [-0.15, -0.1) is 10.2 Å². The minimum atomic E-state index is -0.228. The van der Waals surface area contributed by atoms with Gasteiger partial charge in [-0.3, -0.25) is 10.1 Å². The first kappa shape index (κ1) is 19.6. The van der Waals surface area contributed by atoms with Gasteiger partial charge in [-0.2, -0.15) is 0 Å². The van der Waals surface area contributed by atoms with Gasteiger partial charge in [-0.1, -0.05) is 30.4 Å². The average Bonchev–Trinajstić information content (AvgIpc) is 3.46. The molecule has 3 aromatic heterocycles. The van der Waals surface area contributed by atoms with Crippen LogP contribution in [0, 0.1) is 0 Å². The molecule has 4 aromatic rings. The summed E-state index contributed by atoms with van der Waals surface area (Å²) in [6, 6.07) is 12.6. The minimum absolute atomic E-state index is 0.228. The first-order valence-electron chi connectivity index (χ1n) is 10.5. The molecule has 1 amide bonds. The first-order valence-corrected chi connectivity index (χ1v) is 11.3. The molecule has 0 spiro atoms. The predicted molar refractivity (Wildman–Crippen MR) is 122 cm³/mol. The second-order valence-electron chi connectivity index (χ2n) is 7.56. The maximum absolute atomic E-state index is 12.3. The predicted octanol–water partition coefficient (Wildman–Crippen LogP) is 3.94. The topological polar surface area (TPSA) is 88.8 Å². The van der Waals surface area contributed by atoms with Crippen molar-refractivity contribution in [1.29, 1.82) is 0 Å². The Morgan fingerprint density at radius 1 is 1.19 bits per heavy atom. The Bertz CT molecular complexity index is 1180. The van der Waals surface area contributed by atoms with Crippen LogP contribution in [0.4, 0.5) is 10.9 Å². The molecule has 0 unspecified atom stereocenters. The standard InChI is InChI=1S/C22H23N7OS/c1-2-19-25-17-5-3-4-6-18(17)29(19)16-9-11-28(12-10-16)20-8-7-15(13-23-20)21(30)26-22-27-24-14-31-22/h3-8,13-14,16H,2,9-12H2,1H3,(H,26,27,30). The fraction of sp³-hybridized carbons (Fsp3) is 0.318. The van der Waals surface area contributed by atoms with Crippen LogP contribution in [0.1, 0.15) is 42.0 Å². The van der Waals surface area contributed by atoms with E-state index in [1.54, 1.807) is 11.7 Å². The summed E-state index contributed by atoms with van der Waals surface area (Å²) < 4.78 is 2.43. The molecule has 4 heterocycles. The SMILES string of the molecule is CCc1nc2ccccc2n1C1CCN(c2ccc(C(=O)Nc3nncs3)cn2)CC1. The summed E-state index contributed by atoms with van der Waals surface area (Å²) in [6.45, 7) is 4.01. The number of carbonyl (C=O) groups excluding carboxylic acids is 1. The van der Waals surface area contributed by atoms with Crippen LogP contribution in [0.3, 0.4) is 0 Å². The maximum Gasteiger partial charge on any atom is 0.259 e. The number of benzene rings is 1. The minimum Gasteiger partial charge on any atom is -0.356 e. The third-order valence-corrected chi connectivity index (χ3v) is 6.34. The number of nitrogens with one attached hydrogen (secondary N) is 1. The molecule has 0 aliphatic carbocycles. The number of anilines is 2. The number of aromatic nitrogens is 5. The zero-order valence-corrected chi connectivity index (χ0v) is 18.0. The van der Waals surface area contributed by atoms with E-state index in [2.05, 4.69) is 55.1 Å². The summed E-state index contributed by atoms with van der Waals surface area (Å²) in [5.74, 6) is 1.83. The van der Waals surface area contributed by atoms with Crippen molar-refractivity contribution >= 4 is 39.2 Å². The van der Waals surface area contributed by atoms with Crippen LogP contribution >= 0.6 is 11.3 Å². The number of hydrogen-bond donors (Lipinski definition) is 1. The lowest BCUT2D eigenvalue weighted by atomic mass is 10.0. The Hall–Kier alpha value is -3.33. The number of carbonyl (C=O) groups is 1. The summed E-state index contributed by atoms with van der Waals surface area (Å²) in [7, 11) is 0. The summed E-state index contributed by atoms with van der Waals surface area (Å²) in [5.41, 5.74) is 4.38. The van der Waals surface area contributed by atoms with Gasteiger partial charge in [0.2, 0.25) is 5.13 Å². The molecular weight excluding hydrogens is 410 g/mol. The van der Waals surface area contributed by atoms with E-state index in [9.17, 15) is 4.79 Å². The molecule has 9 heteroatoms. The largest absolute Gasteiger partial charge is 0.356 e. The Morgan fingerprint density at radius 3 is 2.74 bits per heavy atom. The van der Waals surface area contributed by atoms with E-state index < -0.39 is 0 Å². The summed E-state index contributed by atoms with van der Waals surface area (Å²) >= 11 is 1.28. The maximum atomic E-state index is 12.3. The van der Waals surface area contributed by atoms with Crippen molar-refractivity contribution in [1.82, 2.24) is 24.7 Å². The van der Waals surface area contributed by atoms with E-state index in [1.165, 1.54) is 16.9 Å². The molecule has 0 radical (unpaired) electrons. The number of para-hydroxylation sites is 2. The second kappa shape index (κ2) is 8.43. The lowest BCUT2D eigenvalue weighted by molar-refractivity contribution is 0.102. The number of rotatable bonds is 5. The molecule has 1 N–H and O–H groups in total. The normalized spacial score (nSPS) is 14.8. The van der Waals surface area contributed by atoms with Gasteiger partial charge >= 0.3 is 0 Å². The smallest absolute Gasteiger partial charge is 0.259 e. The number of imidazole rings is 1. The highest BCUT2D eigenvalue weighted by molar-refractivity contribution is 7.13. The van der Waals surface area contributed by atoms with Crippen molar-refractivity contribution in [3.8, 4) is 0 Å². The van der Waals surface area contributed by atoms with Crippen molar-refractivity contribution < 1.29 is 4.79 Å². The van der Waals surface area contributed by atoms with Crippen molar-refractivity contribution in [2.45, 2.75) is 32.2 Å². The fourth-order valence-corrected chi connectivity index (χ4v) is 4.65. The molecule has 8 nitrogen and oxygen atoms in total. The van der Waals surface area contributed by atoms with Gasteiger partial charge < -0.3 is 9.47 Å². The van der Waals surface area contributed by atoms with Crippen molar-refractivity contribution in [2.75, 3.05) is 23.3 Å². The highest BCUT2D eigenvalue weighted by atomic mass is 32.1. The molecule has 5 rings (SSSR count). The van der Waals surface area contributed by atoms with E-state index in [-0.39, 0.29) is 5.91 Å². The van der Waals surface area contributed by atoms with E-state index in [0.29, 0.717) is 16.7 Å². The summed E-state index contributed by atoms with van der Waals surface area (Å²) in [5, 5.41) is 10.8. The van der Waals surface area contributed by atoms with E-state index >= 15 is 0 Å². The van der Waals surface area contributed by atoms with Crippen LogP contribution in [0.5, 0.6) is 0 Å². The van der Waals surface area contributed by atoms with Gasteiger partial charge in [0, 0.05) is 31.7 Å². The monoisotopic (exact) mass is 433 g/mol. The Morgan fingerprint density at radius 2 is 2.03 bits per heavy atom. The highest BCUT2D eigenvalue weighted by Gasteiger charge is 2.24. The van der Waals surface area contributed by atoms with Crippen LogP contribution in [0.15, 0.2) is 48.1 Å². The molecule has 1 aromatic carbocycles. The van der Waals surface area contributed by atoms with Crippen LogP contribution < -0.4 is 10.2 Å². The van der Waals surface area contributed by atoms with E-state index in [0.717, 1.165) is 49.5 Å². The van der Waals surface area contributed by atoms with Crippen LogP contribution in [-0.2, 0) is 6.42 Å². The number of aryl methyl sites for hydroxylation is 1. The summed E-state index contributed by atoms with van der Waals surface area (Å²) in [6.07, 6.45) is 4.62. The van der Waals surface area contributed by atoms with Gasteiger partial charge in [-0.05, 0) is 37.1 Å². The zero-order chi connectivity index (χ0) is 21.2. The van der Waals surface area contributed by atoms with Gasteiger partial charge in [-0.25, -0.2) is 9.97 Å². The molecule has 1 aliphatic rings. The number of hydrogen-bond acceptors (Lipinski definition) is 7. The molecule has 0 bridgehead atoms.